The standard InChI is InChI=1S/C21H38N2O/c1-18-21(24)23-17-20-15-13-11-9-7-5-3-2-4-6-8-10-12-14-19(20)16-22-18/h19-20H,2-17H2,1H3,(H,23,24)/b22-18-. The number of amides is 1. The number of nitrogens with one attached hydrogen (secondary N) is 1. The number of carbonyl (C=O) groups excluding carboxylic acids is 1. The monoisotopic (exact) mass is 334 g/mol. The first kappa shape index (κ1) is 19.5. The summed E-state index contributed by atoms with van der Waals surface area (Å²) in [4.78, 5) is 16.5. The minimum atomic E-state index is 0.0422. The molecule has 1 saturated carbocycles. The van der Waals surface area contributed by atoms with Gasteiger partial charge >= 0.3 is 0 Å². The second-order valence-corrected chi connectivity index (χ2v) is 7.98. The van der Waals surface area contributed by atoms with Gasteiger partial charge in [-0.3, -0.25) is 9.79 Å². The Morgan fingerprint density at radius 1 is 0.750 bits per heavy atom. The van der Waals surface area contributed by atoms with Gasteiger partial charge in [0.05, 0.1) is 5.71 Å². The molecule has 1 N–H and O–H groups in total. The number of rotatable bonds is 0. The van der Waals surface area contributed by atoms with Crippen LogP contribution in [0.25, 0.3) is 0 Å². The summed E-state index contributed by atoms with van der Waals surface area (Å²) in [6, 6.07) is 0. The lowest BCUT2D eigenvalue weighted by Crippen LogP contribution is -2.39. The largest absolute Gasteiger partial charge is 0.351 e. The van der Waals surface area contributed by atoms with Gasteiger partial charge in [-0.25, -0.2) is 0 Å². The van der Waals surface area contributed by atoms with Gasteiger partial charge in [0.15, 0.2) is 0 Å². The Hall–Kier alpha value is -0.860. The van der Waals surface area contributed by atoms with E-state index in [1.807, 2.05) is 6.92 Å². The summed E-state index contributed by atoms with van der Waals surface area (Å²) in [6.45, 7) is 3.57. The van der Waals surface area contributed by atoms with Crippen molar-refractivity contribution >= 4 is 11.6 Å². The molecule has 0 radical (unpaired) electrons. The quantitative estimate of drug-likeness (QED) is 0.643. The molecule has 0 saturated heterocycles. The Morgan fingerprint density at radius 3 is 1.75 bits per heavy atom. The number of carbonyl (C=O) groups is 1. The van der Waals surface area contributed by atoms with E-state index in [-0.39, 0.29) is 5.91 Å². The second kappa shape index (κ2) is 11.7. The first-order chi connectivity index (χ1) is 11.8. The molecule has 2 atom stereocenters. The topological polar surface area (TPSA) is 41.5 Å². The number of hydrogen-bond acceptors (Lipinski definition) is 2. The van der Waals surface area contributed by atoms with Crippen LogP contribution in [0.1, 0.15) is 96.8 Å². The zero-order valence-corrected chi connectivity index (χ0v) is 15.8. The van der Waals surface area contributed by atoms with E-state index in [1.54, 1.807) is 0 Å². The van der Waals surface area contributed by atoms with Gasteiger partial charge in [0, 0.05) is 13.1 Å². The molecular weight excluding hydrogens is 296 g/mol. The van der Waals surface area contributed by atoms with Gasteiger partial charge in [0.25, 0.3) is 5.91 Å². The van der Waals surface area contributed by atoms with E-state index in [2.05, 4.69) is 10.3 Å². The van der Waals surface area contributed by atoms with E-state index in [1.165, 1.54) is 89.9 Å². The normalized spacial score (nSPS) is 31.7. The van der Waals surface area contributed by atoms with Crippen LogP contribution in [0.15, 0.2) is 4.99 Å². The Morgan fingerprint density at radius 2 is 1.21 bits per heavy atom. The SMILES string of the molecule is C/C1=N/CC2CCCCCCCCCCCCCCC2CNC1=O. The highest BCUT2D eigenvalue weighted by atomic mass is 16.1. The highest BCUT2D eigenvalue weighted by Gasteiger charge is 2.24. The predicted molar refractivity (Wildman–Crippen MR) is 103 cm³/mol. The lowest BCUT2D eigenvalue weighted by Gasteiger charge is -2.28. The molecular formula is C21H38N2O. The van der Waals surface area contributed by atoms with Crippen LogP contribution < -0.4 is 5.32 Å². The predicted octanol–water partition coefficient (Wildman–Crippen LogP) is 5.28. The summed E-state index contributed by atoms with van der Waals surface area (Å²) in [7, 11) is 0. The molecule has 138 valence electrons. The molecule has 1 fully saturated rings. The van der Waals surface area contributed by atoms with Crippen LogP contribution in [0.2, 0.25) is 0 Å². The number of aliphatic imine (C=N–C) groups is 1. The highest BCUT2D eigenvalue weighted by molar-refractivity contribution is 6.37. The smallest absolute Gasteiger partial charge is 0.264 e. The van der Waals surface area contributed by atoms with Crippen LogP contribution in [-0.4, -0.2) is 24.7 Å². The summed E-state index contributed by atoms with van der Waals surface area (Å²) >= 11 is 0. The highest BCUT2D eigenvalue weighted by Crippen LogP contribution is 2.26. The van der Waals surface area contributed by atoms with E-state index in [0.29, 0.717) is 17.5 Å². The van der Waals surface area contributed by atoms with E-state index < -0.39 is 0 Å². The van der Waals surface area contributed by atoms with Gasteiger partial charge < -0.3 is 5.32 Å². The first-order valence-electron chi connectivity index (χ1n) is 10.6. The maximum absolute atomic E-state index is 11.9. The fourth-order valence-corrected chi connectivity index (χ4v) is 4.24. The van der Waals surface area contributed by atoms with E-state index >= 15 is 0 Å². The summed E-state index contributed by atoms with van der Waals surface area (Å²) in [5.74, 6) is 1.33. The molecule has 2 rings (SSSR count). The molecule has 0 spiro atoms. The van der Waals surface area contributed by atoms with Crippen LogP contribution in [0.3, 0.4) is 0 Å². The summed E-state index contributed by atoms with van der Waals surface area (Å²) < 4.78 is 0. The molecule has 3 nitrogen and oxygen atoms in total. The molecule has 0 aromatic heterocycles. The summed E-state index contributed by atoms with van der Waals surface area (Å²) in [5.41, 5.74) is 0.667. The molecule has 1 heterocycles. The first-order valence-corrected chi connectivity index (χ1v) is 10.6. The van der Waals surface area contributed by atoms with Crippen LogP contribution >= 0.6 is 0 Å². The summed E-state index contributed by atoms with van der Waals surface area (Å²) in [5, 5.41) is 3.12. The molecule has 1 amide bonds. The summed E-state index contributed by atoms with van der Waals surface area (Å²) in [6.07, 6.45) is 19.3. The molecule has 0 bridgehead atoms. The third-order valence-corrected chi connectivity index (χ3v) is 5.98. The molecule has 0 aromatic carbocycles. The van der Waals surface area contributed by atoms with Gasteiger partial charge in [0.2, 0.25) is 0 Å². The number of fused-ring (bicyclic) bond motifs is 1. The van der Waals surface area contributed by atoms with Crippen LogP contribution in [0.4, 0.5) is 0 Å². The van der Waals surface area contributed by atoms with Gasteiger partial charge in [0.1, 0.15) is 0 Å². The van der Waals surface area contributed by atoms with Crippen molar-refractivity contribution in [1.82, 2.24) is 5.32 Å². The maximum atomic E-state index is 11.9. The fraction of sp³-hybridized carbons (Fsp3) is 0.905. The third-order valence-electron chi connectivity index (χ3n) is 5.98. The zero-order chi connectivity index (χ0) is 17.0. The van der Waals surface area contributed by atoms with Crippen molar-refractivity contribution in [1.29, 1.82) is 0 Å². The van der Waals surface area contributed by atoms with Gasteiger partial charge in [-0.15, -0.1) is 0 Å². The van der Waals surface area contributed by atoms with Crippen LogP contribution in [-0.2, 0) is 4.79 Å². The molecule has 2 aliphatic rings. The van der Waals surface area contributed by atoms with Crippen molar-refractivity contribution in [2.75, 3.05) is 13.1 Å². The average molecular weight is 335 g/mol. The third kappa shape index (κ3) is 7.36. The average Bonchev–Trinajstić information content (AvgIpc) is 2.58. The van der Waals surface area contributed by atoms with Crippen LogP contribution in [0, 0.1) is 11.8 Å². The second-order valence-electron chi connectivity index (χ2n) is 7.98. The van der Waals surface area contributed by atoms with E-state index in [9.17, 15) is 4.79 Å². The Labute approximate surface area is 149 Å². The molecule has 0 aromatic rings. The molecule has 24 heavy (non-hydrogen) atoms. The number of hydrogen-bond donors (Lipinski definition) is 1. The molecule has 3 heteroatoms. The zero-order valence-electron chi connectivity index (χ0n) is 15.8. The Bertz CT molecular complexity index is 391. The fourth-order valence-electron chi connectivity index (χ4n) is 4.24. The van der Waals surface area contributed by atoms with Crippen molar-refractivity contribution in [3.05, 3.63) is 0 Å². The van der Waals surface area contributed by atoms with Crippen molar-refractivity contribution in [2.24, 2.45) is 16.8 Å². The Balaban J connectivity index is 1.90. The van der Waals surface area contributed by atoms with Gasteiger partial charge in [-0.1, -0.05) is 77.0 Å². The van der Waals surface area contributed by atoms with Crippen molar-refractivity contribution in [2.45, 2.75) is 96.8 Å². The Kier molecular flexibility index (Phi) is 9.45. The van der Waals surface area contributed by atoms with E-state index in [4.69, 9.17) is 0 Å². The maximum Gasteiger partial charge on any atom is 0.264 e. The van der Waals surface area contributed by atoms with E-state index in [0.717, 1.165) is 13.1 Å². The van der Waals surface area contributed by atoms with Gasteiger partial charge in [-0.2, -0.15) is 0 Å². The minimum Gasteiger partial charge on any atom is -0.351 e. The minimum absolute atomic E-state index is 0.0422. The molecule has 1 aliphatic carbocycles. The molecule has 1 aliphatic heterocycles. The lowest BCUT2D eigenvalue weighted by atomic mass is 9.83. The van der Waals surface area contributed by atoms with Crippen molar-refractivity contribution < 1.29 is 4.79 Å². The molecule has 2 unspecified atom stereocenters. The van der Waals surface area contributed by atoms with Crippen molar-refractivity contribution in [3.63, 3.8) is 0 Å². The van der Waals surface area contributed by atoms with Crippen molar-refractivity contribution in [3.8, 4) is 0 Å². The van der Waals surface area contributed by atoms with Crippen LogP contribution in [0.5, 0.6) is 0 Å². The number of nitrogens with zero attached hydrogens (tertiary/aromatic N) is 1. The van der Waals surface area contributed by atoms with Gasteiger partial charge in [-0.05, 0) is 31.6 Å². The lowest BCUT2D eigenvalue weighted by molar-refractivity contribution is -0.115.